The van der Waals surface area contributed by atoms with Gasteiger partial charge in [0.05, 0.1) is 6.10 Å². The molecule has 0 radical (unpaired) electrons. The van der Waals surface area contributed by atoms with Crippen molar-refractivity contribution < 1.29 is 14.6 Å². The van der Waals surface area contributed by atoms with Gasteiger partial charge in [0.1, 0.15) is 11.7 Å². The van der Waals surface area contributed by atoms with E-state index in [2.05, 4.69) is 6.92 Å². The van der Waals surface area contributed by atoms with Crippen LogP contribution in [-0.4, -0.2) is 28.7 Å². The maximum Gasteiger partial charge on any atom is 0.164 e. The molecule has 1 N–H and O–H groups in total. The van der Waals surface area contributed by atoms with Crippen LogP contribution in [0.4, 0.5) is 0 Å². The van der Waals surface area contributed by atoms with E-state index in [4.69, 9.17) is 4.74 Å². The van der Waals surface area contributed by atoms with Crippen molar-refractivity contribution in [3.05, 3.63) is 0 Å². The van der Waals surface area contributed by atoms with Crippen molar-refractivity contribution in [2.45, 2.75) is 56.8 Å². The first-order valence-electron chi connectivity index (χ1n) is 5.49. The highest BCUT2D eigenvalue weighted by molar-refractivity contribution is 5.88. The lowest BCUT2D eigenvalue weighted by atomic mass is 9.58. The van der Waals surface area contributed by atoms with Crippen molar-refractivity contribution in [3.63, 3.8) is 0 Å². The van der Waals surface area contributed by atoms with Crippen molar-refractivity contribution >= 4 is 5.78 Å². The van der Waals surface area contributed by atoms with E-state index in [0.717, 1.165) is 25.7 Å². The molecule has 0 amide bonds. The fourth-order valence-corrected chi connectivity index (χ4v) is 3.46. The molecule has 3 fully saturated rings. The Morgan fingerprint density at radius 3 is 3.07 bits per heavy atom. The Kier molecular flexibility index (Phi) is 1.51. The molecule has 1 saturated heterocycles. The lowest BCUT2D eigenvalue weighted by molar-refractivity contribution is -0.125. The minimum Gasteiger partial charge on any atom is -0.392 e. The predicted molar refractivity (Wildman–Crippen MR) is 49.8 cm³/mol. The van der Waals surface area contributed by atoms with E-state index >= 15 is 0 Å². The molecule has 2 aliphatic carbocycles. The highest BCUT2D eigenvalue weighted by atomic mass is 16.6. The van der Waals surface area contributed by atoms with E-state index < -0.39 is 0 Å². The molecule has 0 aromatic carbocycles. The first-order chi connectivity index (χ1) is 6.60. The first kappa shape index (κ1) is 8.86. The zero-order chi connectivity index (χ0) is 9.97. The van der Waals surface area contributed by atoms with Gasteiger partial charge in [0.25, 0.3) is 0 Å². The summed E-state index contributed by atoms with van der Waals surface area (Å²) in [6, 6.07) is 0. The largest absolute Gasteiger partial charge is 0.392 e. The van der Waals surface area contributed by atoms with Crippen LogP contribution in [0.1, 0.15) is 39.0 Å². The number of carbonyl (C=O) groups excluding carboxylic acids is 1. The highest BCUT2D eigenvalue weighted by Gasteiger charge is 2.73. The van der Waals surface area contributed by atoms with E-state index in [-0.39, 0.29) is 29.0 Å². The van der Waals surface area contributed by atoms with E-state index in [1.54, 1.807) is 0 Å². The molecule has 3 heteroatoms. The molecule has 14 heavy (non-hydrogen) atoms. The molecule has 78 valence electrons. The average molecular weight is 196 g/mol. The number of rotatable bonds is 0. The third-order valence-corrected chi connectivity index (χ3v) is 4.61. The van der Waals surface area contributed by atoms with Gasteiger partial charge in [-0.15, -0.1) is 0 Å². The van der Waals surface area contributed by atoms with Crippen LogP contribution in [-0.2, 0) is 9.53 Å². The molecule has 3 rings (SSSR count). The van der Waals surface area contributed by atoms with Crippen molar-refractivity contribution in [2.24, 2.45) is 5.41 Å². The molecule has 0 aromatic rings. The summed E-state index contributed by atoms with van der Waals surface area (Å²) in [6.07, 6.45) is 3.72. The van der Waals surface area contributed by atoms with Crippen molar-refractivity contribution in [2.75, 3.05) is 0 Å². The number of aliphatic hydroxyl groups is 1. The van der Waals surface area contributed by atoms with Crippen LogP contribution in [0.15, 0.2) is 0 Å². The molecule has 0 bridgehead atoms. The minimum absolute atomic E-state index is 0.163. The molecular weight excluding hydrogens is 180 g/mol. The van der Waals surface area contributed by atoms with Gasteiger partial charge in [0, 0.05) is 11.8 Å². The number of Topliss-reactive ketones (excluding diaryl/α,β-unsaturated/α-hetero) is 1. The number of carbonyl (C=O) groups is 1. The summed E-state index contributed by atoms with van der Waals surface area (Å²) in [7, 11) is 0. The molecule has 3 aliphatic rings. The minimum atomic E-state index is -0.283. The van der Waals surface area contributed by atoms with E-state index in [9.17, 15) is 9.90 Å². The molecule has 1 aliphatic heterocycles. The predicted octanol–water partition coefficient (Wildman–Crippen LogP) is 1.04. The second kappa shape index (κ2) is 2.39. The topological polar surface area (TPSA) is 49.8 Å². The second-order valence-electron chi connectivity index (χ2n) is 5.18. The summed E-state index contributed by atoms with van der Waals surface area (Å²) in [5.41, 5.74) is -0.441. The van der Waals surface area contributed by atoms with Gasteiger partial charge in [-0.1, -0.05) is 6.92 Å². The summed E-state index contributed by atoms with van der Waals surface area (Å²) in [5.74, 6) is 0.247. The van der Waals surface area contributed by atoms with Crippen molar-refractivity contribution in [1.29, 1.82) is 0 Å². The van der Waals surface area contributed by atoms with Crippen LogP contribution in [0, 0.1) is 5.41 Å². The molecular formula is C11H16O3. The van der Waals surface area contributed by atoms with Crippen LogP contribution in [0.5, 0.6) is 0 Å². The lowest BCUT2D eigenvalue weighted by Crippen LogP contribution is -2.53. The Labute approximate surface area is 83.4 Å². The van der Waals surface area contributed by atoms with Gasteiger partial charge in [-0.05, 0) is 25.7 Å². The van der Waals surface area contributed by atoms with Crippen LogP contribution in [0.2, 0.25) is 0 Å². The molecule has 2 saturated carbocycles. The van der Waals surface area contributed by atoms with E-state index in [1.807, 2.05) is 0 Å². The average Bonchev–Trinajstić information content (AvgIpc) is 2.87. The maximum atomic E-state index is 11.5. The zero-order valence-electron chi connectivity index (χ0n) is 8.45. The molecule has 0 unspecified atom stereocenters. The van der Waals surface area contributed by atoms with Gasteiger partial charge in [0.2, 0.25) is 0 Å². The number of epoxide rings is 1. The zero-order valence-corrected chi connectivity index (χ0v) is 8.45. The summed E-state index contributed by atoms with van der Waals surface area (Å²) in [5, 5.41) is 10.1. The summed E-state index contributed by atoms with van der Waals surface area (Å²) < 4.78 is 5.65. The Morgan fingerprint density at radius 2 is 2.29 bits per heavy atom. The summed E-state index contributed by atoms with van der Waals surface area (Å²) in [4.78, 5) is 11.5. The van der Waals surface area contributed by atoms with Gasteiger partial charge < -0.3 is 9.84 Å². The van der Waals surface area contributed by atoms with Crippen molar-refractivity contribution in [1.82, 2.24) is 0 Å². The van der Waals surface area contributed by atoms with Gasteiger partial charge >= 0.3 is 0 Å². The fraction of sp³-hybridized carbons (Fsp3) is 0.909. The van der Waals surface area contributed by atoms with E-state index in [1.165, 1.54) is 0 Å². The fourth-order valence-electron chi connectivity index (χ4n) is 3.46. The summed E-state index contributed by atoms with van der Waals surface area (Å²) in [6.45, 7) is 2.09. The molecule has 3 nitrogen and oxygen atoms in total. The Hall–Kier alpha value is -0.410. The third-order valence-electron chi connectivity index (χ3n) is 4.61. The number of hydrogen-bond acceptors (Lipinski definition) is 3. The number of hydrogen-bond donors (Lipinski definition) is 1. The van der Waals surface area contributed by atoms with Crippen molar-refractivity contribution in [3.8, 4) is 0 Å². The van der Waals surface area contributed by atoms with E-state index in [0.29, 0.717) is 6.42 Å². The Balaban J connectivity index is 1.99. The smallest absolute Gasteiger partial charge is 0.164 e. The molecule has 4 atom stereocenters. The molecule has 0 aromatic heterocycles. The standard InChI is InChI=1S/C11H16O3/c1-10-6-4-7(12)9-11(10,14-9)5-2-3-8(10)13/h8-9,13H,2-6H2,1H3/t8-,9-,10+,11-/m0/s1. The Bertz CT molecular complexity index is 301. The first-order valence-corrected chi connectivity index (χ1v) is 5.49. The summed E-state index contributed by atoms with van der Waals surface area (Å²) >= 11 is 0. The molecule has 1 heterocycles. The lowest BCUT2D eigenvalue weighted by Gasteiger charge is -2.45. The van der Waals surface area contributed by atoms with Gasteiger partial charge in [-0.2, -0.15) is 0 Å². The Morgan fingerprint density at radius 1 is 1.50 bits per heavy atom. The van der Waals surface area contributed by atoms with Gasteiger partial charge in [0.15, 0.2) is 5.78 Å². The highest BCUT2D eigenvalue weighted by Crippen LogP contribution is 2.63. The number of ether oxygens (including phenoxy) is 1. The van der Waals surface area contributed by atoms with Crippen LogP contribution in [0.25, 0.3) is 0 Å². The SMILES string of the molecule is C[C@]12CCC(=O)[C@@H]3O[C@@]31CCC[C@@H]2O. The number of aliphatic hydroxyl groups excluding tert-OH is 1. The van der Waals surface area contributed by atoms with Gasteiger partial charge in [-0.25, -0.2) is 0 Å². The third kappa shape index (κ3) is 0.789. The maximum absolute atomic E-state index is 11.5. The second-order valence-corrected chi connectivity index (χ2v) is 5.18. The van der Waals surface area contributed by atoms with Crippen LogP contribution >= 0.6 is 0 Å². The monoisotopic (exact) mass is 196 g/mol. The molecule has 1 spiro atoms. The number of ketones is 1. The van der Waals surface area contributed by atoms with Crippen LogP contribution < -0.4 is 0 Å². The normalized spacial score (nSPS) is 56.3. The van der Waals surface area contributed by atoms with Gasteiger partial charge in [-0.3, -0.25) is 4.79 Å². The quantitative estimate of drug-likeness (QED) is 0.589. The van der Waals surface area contributed by atoms with Crippen LogP contribution in [0.3, 0.4) is 0 Å².